The standard InChI is InChI=1S/C10H21F/c1-6-7(2)8(3)9(4)10(5)11/h7-10H,6H2,1-5H3/t7?,8-,9?,10+/m1/s1. The molecule has 4 atom stereocenters. The van der Waals surface area contributed by atoms with Crippen molar-refractivity contribution in [2.24, 2.45) is 17.8 Å². The molecule has 0 aliphatic carbocycles. The third-order valence-corrected chi connectivity index (χ3v) is 3.10. The third-order valence-electron chi connectivity index (χ3n) is 3.10. The topological polar surface area (TPSA) is 0 Å². The summed E-state index contributed by atoms with van der Waals surface area (Å²) in [5.74, 6) is 1.34. The minimum Gasteiger partial charge on any atom is -0.247 e. The SMILES string of the molecule is CCC(C)[C@@H](C)C(C)[C@H](C)F. The minimum atomic E-state index is -0.668. The second-order valence-electron chi connectivity index (χ2n) is 3.78. The molecule has 0 spiro atoms. The number of hydrogen-bond donors (Lipinski definition) is 0. The molecule has 0 heterocycles. The van der Waals surface area contributed by atoms with Gasteiger partial charge in [0.15, 0.2) is 0 Å². The molecule has 11 heavy (non-hydrogen) atoms. The highest BCUT2D eigenvalue weighted by Gasteiger charge is 2.22. The predicted octanol–water partition coefficient (Wildman–Crippen LogP) is 3.66. The molecule has 0 radical (unpaired) electrons. The Morgan fingerprint density at radius 1 is 1.00 bits per heavy atom. The first-order valence-corrected chi connectivity index (χ1v) is 4.64. The van der Waals surface area contributed by atoms with Gasteiger partial charge in [-0.15, -0.1) is 0 Å². The Morgan fingerprint density at radius 2 is 1.45 bits per heavy atom. The molecule has 68 valence electrons. The van der Waals surface area contributed by atoms with Crippen LogP contribution in [-0.2, 0) is 0 Å². The van der Waals surface area contributed by atoms with Crippen molar-refractivity contribution in [3.63, 3.8) is 0 Å². The normalized spacial score (nSPS) is 22.4. The zero-order valence-electron chi connectivity index (χ0n) is 8.39. The second kappa shape index (κ2) is 4.74. The Balaban J connectivity index is 3.90. The Kier molecular flexibility index (Phi) is 4.71. The van der Waals surface area contributed by atoms with Crippen LogP contribution in [0.15, 0.2) is 0 Å². The van der Waals surface area contributed by atoms with E-state index in [1.54, 1.807) is 6.92 Å². The van der Waals surface area contributed by atoms with E-state index in [9.17, 15) is 4.39 Å². The summed E-state index contributed by atoms with van der Waals surface area (Å²) in [4.78, 5) is 0. The van der Waals surface area contributed by atoms with Crippen LogP contribution in [0.1, 0.15) is 41.0 Å². The van der Waals surface area contributed by atoms with Crippen molar-refractivity contribution in [3.05, 3.63) is 0 Å². The highest BCUT2D eigenvalue weighted by Crippen LogP contribution is 2.26. The van der Waals surface area contributed by atoms with Crippen LogP contribution in [0.4, 0.5) is 4.39 Å². The number of alkyl halides is 1. The van der Waals surface area contributed by atoms with E-state index in [1.165, 1.54) is 0 Å². The Labute approximate surface area is 70.2 Å². The first-order chi connectivity index (χ1) is 5.00. The summed E-state index contributed by atoms with van der Waals surface area (Å²) < 4.78 is 12.8. The van der Waals surface area contributed by atoms with Crippen molar-refractivity contribution >= 4 is 0 Å². The molecule has 0 fully saturated rings. The summed E-state index contributed by atoms with van der Waals surface area (Å²) in [5, 5.41) is 0. The molecule has 0 N–H and O–H groups in total. The van der Waals surface area contributed by atoms with E-state index >= 15 is 0 Å². The van der Waals surface area contributed by atoms with Gasteiger partial charge in [0.2, 0.25) is 0 Å². The van der Waals surface area contributed by atoms with Gasteiger partial charge in [-0.3, -0.25) is 0 Å². The molecule has 0 aliphatic heterocycles. The van der Waals surface area contributed by atoms with Gasteiger partial charge in [0, 0.05) is 0 Å². The molecular weight excluding hydrogens is 139 g/mol. The lowest BCUT2D eigenvalue weighted by Gasteiger charge is -2.26. The average molecular weight is 160 g/mol. The number of rotatable bonds is 4. The first-order valence-electron chi connectivity index (χ1n) is 4.64. The van der Waals surface area contributed by atoms with Crippen molar-refractivity contribution in [2.45, 2.75) is 47.2 Å². The fraction of sp³-hybridized carbons (Fsp3) is 1.00. The van der Waals surface area contributed by atoms with Crippen molar-refractivity contribution in [3.8, 4) is 0 Å². The van der Waals surface area contributed by atoms with Gasteiger partial charge in [-0.2, -0.15) is 0 Å². The van der Waals surface area contributed by atoms with Gasteiger partial charge in [0.25, 0.3) is 0 Å². The van der Waals surface area contributed by atoms with Gasteiger partial charge in [-0.25, -0.2) is 4.39 Å². The van der Waals surface area contributed by atoms with Gasteiger partial charge < -0.3 is 0 Å². The Bertz CT molecular complexity index is 99.0. The predicted molar refractivity (Wildman–Crippen MR) is 48.4 cm³/mol. The van der Waals surface area contributed by atoms with Crippen LogP contribution in [-0.4, -0.2) is 6.17 Å². The third kappa shape index (κ3) is 3.22. The van der Waals surface area contributed by atoms with Crippen LogP contribution < -0.4 is 0 Å². The molecule has 0 rings (SSSR count). The second-order valence-corrected chi connectivity index (χ2v) is 3.78. The van der Waals surface area contributed by atoms with Crippen LogP contribution in [0.2, 0.25) is 0 Å². The molecule has 0 aliphatic rings. The first kappa shape index (κ1) is 10.9. The highest BCUT2D eigenvalue weighted by molar-refractivity contribution is 4.70. The lowest BCUT2D eigenvalue weighted by atomic mass is 9.82. The molecule has 1 heteroatoms. The van der Waals surface area contributed by atoms with Crippen LogP contribution in [0, 0.1) is 17.8 Å². The summed E-state index contributed by atoms with van der Waals surface area (Å²) >= 11 is 0. The van der Waals surface area contributed by atoms with E-state index in [4.69, 9.17) is 0 Å². The molecule has 0 nitrogen and oxygen atoms in total. The Hall–Kier alpha value is -0.0700. The molecule has 0 saturated carbocycles. The number of hydrogen-bond acceptors (Lipinski definition) is 0. The molecule has 0 bridgehead atoms. The molecule has 0 aromatic rings. The number of halogens is 1. The summed E-state index contributed by atoms with van der Waals surface area (Å²) in [7, 11) is 0. The maximum atomic E-state index is 12.8. The van der Waals surface area contributed by atoms with Crippen molar-refractivity contribution in [1.29, 1.82) is 0 Å². The zero-order valence-corrected chi connectivity index (χ0v) is 8.39. The zero-order chi connectivity index (χ0) is 9.02. The summed E-state index contributed by atoms with van der Waals surface area (Å²) in [6, 6.07) is 0. The summed E-state index contributed by atoms with van der Waals surface area (Å²) in [5.41, 5.74) is 0. The fourth-order valence-electron chi connectivity index (χ4n) is 1.31. The Morgan fingerprint density at radius 3 is 1.73 bits per heavy atom. The van der Waals surface area contributed by atoms with E-state index in [2.05, 4.69) is 20.8 Å². The quantitative estimate of drug-likeness (QED) is 0.588. The molecule has 2 unspecified atom stereocenters. The van der Waals surface area contributed by atoms with Gasteiger partial charge in [-0.05, 0) is 24.7 Å². The smallest absolute Gasteiger partial charge is 0.100 e. The van der Waals surface area contributed by atoms with E-state index < -0.39 is 6.17 Å². The largest absolute Gasteiger partial charge is 0.247 e. The van der Waals surface area contributed by atoms with Gasteiger partial charge >= 0.3 is 0 Å². The lowest BCUT2D eigenvalue weighted by Crippen LogP contribution is -2.22. The van der Waals surface area contributed by atoms with E-state index in [0.717, 1.165) is 6.42 Å². The van der Waals surface area contributed by atoms with E-state index in [0.29, 0.717) is 11.8 Å². The van der Waals surface area contributed by atoms with E-state index in [-0.39, 0.29) is 5.92 Å². The maximum Gasteiger partial charge on any atom is 0.100 e. The fourth-order valence-corrected chi connectivity index (χ4v) is 1.31. The summed E-state index contributed by atoms with van der Waals surface area (Å²) in [6.07, 6.45) is 0.483. The van der Waals surface area contributed by atoms with Gasteiger partial charge in [-0.1, -0.05) is 34.1 Å². The van der Waals surface area contributed by atoms with Crippen LogP contribution in [0.5, 0.6) is 0 Å². The van der Waals surface area contributed by atoms with Crippen LogP contribution >= 0.6 is 0 Å². The molecule has 0 aromatic heterocycles. The van der Waals surface area contributed by atoms with E-state index in [1.807, 2.05) is 6.92 Å². The average Bonchev–Trinajstić information content (AvgIpc) is 2.00. The van der Waals surface area contributed by atoms with Gasteiger partial charge in [0.05, 0.1) is 0 Å². The minimum absolute atomic E-state index is 0.199. The van der Waals surface area contributed by atoms with Crippen LogP contribution in [0.3, 0.4) is 0 Å². The van der Waals surface area contributed by atoms with Crippen molar-refractivity contribution in [2.75, 3.05) is 0 Å². The molecule has 0 aromatic carbocycles. The summed E-state index contributed by atoms with van der Waals surface area (Å²) in [6.45, 7) is 10.2. The lowest BCUT2D eigenvalue weighted by molar-refractivity contribution is 0.164. The van der Waals surface area contributed by atoms with Crippen molar-refractivity contribution in [1.82, 2.24) is 0 Å². The monoisotopic (exact) mass is 160 g/mol. The van der Waals surface area contributed by atoms with Crippen molar-refractivity contribution < 1.29 is 4.39 Å². The molecular formula is C10H21F. The molecule has 0 saturated heterocycles. The highest BCUT2D eigenvalue weighted by atomic mass is 19.1. The maximum absolute atomic E-state index is 12.8. The van der Waals surface area contributed by atoms with Gasteiger partial charge in [0.1, 0.15) is 6.17 Å². The molecule has 0 amide bonds. The van der Waals surface area contributed by atoms with Crippen LogP contribution in [0.25, 0.3) is 0 Å².